The first kappa shape index (κ1) is 12.4. The van der Waals surface area contributed by atoms with E-state index < -0.39 is 26.6 Å². The molecule has 94 valence electrons. The molecule has 17 heavy (non-hydrogen) atoms. The van der Waals surface area contributed by atoms with Gasteiger partial charge in [-0.3, -0.25) is 0 Å². The lowest BCUT2D eigenvalue weighted by Crippen LogP contribution is -2.27. The summed E-state index contributed by atoms with van der Waals surface area (Å²) in [6, 6.07) is 1.79. The van der Waals surface area contributed by atoms with Gasteiger partial charge in [-0.15, -0.1) is 0 Å². The second kappa shape index (κ2) is 4.32. The molecular formula is C10H12F2N2O2S. The summed E-state index contributed by atoms with van der Waals surface area (Å²) in [4.78, 5) is -0.676. The van der Waals surface area contributed by atoms with Crippen LogP contribution in [0, 0.1) is 11.6 Å². The Balaban J connectivity index is 2.45. The monoisotopic (exact) mass is 262 g/mol. The highest BCUT2D eigenvalue weighted by Crippen LogP contribution is 2.25. The van der Waals surface area contributed by atoms with Crippen LogP contribution in [-0.4, -0.2) is 14.5 Å². The molecule has 0 aromatic heterocycles. The predicted octanol–water partition coefficient (Wildman–Crippen LogP) is 0.864. The molecule has 0 saturated heterocycles. The van der Waals surface area contributed by atoms with Gasteiger partial charge in [-0.25, -0.2) is 21.9 Å². The predicted molar refractivity (Wildman–Crippen MR) is 57.6 cm³/mol. The highest BCUT2D eigenvalue weighted by molar-refractivity contribution is 7.89. The van der Waals surface area contributed by atoms with Gasteiger partial charge in [-0.1, -0.05) is 0 Å². The SMILES string of the molecule is NCc1cc(F)c(F)c(S(=O)(=O)NC2CC2)c1. The number of sulfonamides is 1. The molecule has 0 unspecified atom stereocenters. The highest BCUT2D eigenvalue weighted by atomic mass is 32.2. The summed E-state index contributed by atoms with van der Waals surface area (Å²) in [5.41, 5.74) is 5.53. The third-order valence-electron chi connectivity index (χ3n) is 2.48. The van der Waals surface area contributed by atoms with Crippen molar-refractivity contribution in [1.82, 2.24) is 4.72 Å². The Morgan fingerprint density at radius 3 is 2.53 bits per heavy atom. The smallest absolute Gasteiger partial charge is 0.243 e. The van der Waals surface area contributed by atoms with Crippen LogP contribution in [0.3, 0.4) is 0 Å². The molecule has 0 spiro atoms. The van der Waals surface area contributed by atoms with Crippen molar-refractivity contribution in [1.29, 1.82) is 0 Å². The molecule has 3 N–H and O–H groups in total. The number of hydrogen-bond acceptors (Lipinski definition) is 3. The first-order valence-corrected chi connectivity index (χ1v) is 6.62. The van der Waals surface area contributed by atoms with Gasteiger partial charge in [0.25, 0.3) is 0 Å². The number of halogens is 2. The van der Waals surface area contributed by atoms with Crippen molar-refractivity contribution in [2.45, 2.75) is 30.3 Å². The quantitative estimate of drug-likeness (QED) is 0.845. The Bertz CT molecular complexity index is 541. The third kappa shape index (κ3) is 2.62. The van der Waals surface area contributed by atoms with E-state index in [-0.39, 0.29) is 18.2 Å². The van der Waals surface area contributed by atoms with E-state index in [9.17, 15) is 17.2 Å². The summed E-state index contributed by atoms with van der Waals surface area (Å²) in [5.74, 6) is -2.57. The van der Waals surface area contributed by atoms with Crippen molar-refractivity contribution >= 4 is 10.0 Å². The lowest BCUT2D eigenvalue weighted by molar-refractivity contribution is 0.481. The zero-order valence-corrected chi connectivity index (χ0v) is 9.73. The second-order valence-electron chi connectivity index (χ2n) is 3.99. The summed E-state index contributed by atoms with van der Waals surface area (Å²) in [6.45, 7) is -0.0524. The fourth-order valence-corrected chi connectivity index (χ4v) is 2.86. The van der Waals surface area contributed by atoms with Crippen molar-refractivity contribution in [3.8, 4) is 0 Å². The van der Waals surface area contributed by atoms with Crippen molar-refractivity contribution in [3.05, 3.63) is 29.3 Å². The summed E-state index contributed by atoms with van der Waals surface area (Å²) < 4.78 is 52.5. The van der Waals surface area contributed by atoms with E-state index in [0.717, 1.165) is 25.0 Å². The van der Waals surface area contributed by atoms with Crippen LogP contribution in [0.5, 0.6) is 0 Å². The third-order valence-corrected chi connectivity index (χ3v) is 4.00. The first-order valence-electron chi connectivity index (χ1n) is 5.14. The fraction of sp³-hybridized carbons (Fsp3) is 0.400. The molecule has 1 saturated carbocycles. The minimum atomic E-state index is -4.00. The average Bonchev–Trinajstić information content (AvgIpc) is 3.04. The lowest BCUT2D eigenvalue weighted by Gasteiger charge is -2.08. The number of benzene rings is 1. The first-order chi connectivity index (χ1) is 7.94. The van der Waals surface area contributed by atoms with Crippen molar-refractivity contribution in [2.24, 2.45) is 5.73 Å². The standard InChI is InChI=1S/C10H12F2N2O2S/c11-8-3-6(5-13)4-9(10(8)12)17(15,16)14-7-1-2-7/h3-4,7,14H,1-2,5,13H2. The van der Waals surface area contributed by atoms with Crippen molar-refractivity contribution < 1.29 is 17.2 Å². The molecule has 0 amide bonds. The van der Waals surface area contributed by atoms with Crippen molar-refractivity contribution in [3.63, 3.8) is 0 Å². The van der Waals surface area contributed by atoms with Crippen LogP contribution in [0.25, 0.3) is 0 Å². The van der Waals surface area contributed by atoms with Gasteiger partial charge in [-0.2, -0.15) is 0 Å². The number of rotatable bonds is 4. The van der Waals surface area contributed by atoms with Gasteiger partial charge in [-0.05, 0) is 30.5 Å². The van der Waals surface area contributed by atoms with Crippen LogP contribution in [0.2, 0.25) is 0 Å². The van der Waals surface area contributed by atoms with Gasteiger partial charge in [0.1, 0.15) is 4.90 Å². The van der Waals surface area contributed by atoms with E-state index in [1.807, 2.05) is 0 Å². The number of hydrogen-bond donors (Lipinski definition) is 2. The molecule has 4 nitrogen and oxygen atoms in total. The molecule has 1 aromatic rings. The van der Waals surface area contributed by atoms with Gasteiger partial charge >= 0.3 is 0 Å². The summed E-state index contributed by atoms with van der Waals surface area (Å²) in [5, 5.41) is 0. The Hall–Kier alpha value is -1.05. The molecule has 1 aliphatic rings. The molecule has 1 fully saturated rings. The van der Waals surface area contributed by atoms with Gasteiger partial charge in [0.05, 0.1) is 0 Å². The molecule has 1 aromatic carbocycles. The Morgan fingerprint density at radius 1 is 1.35 bits per heavy atom. The van der Waals surface area contributed by atoms with Crippen LogP contribution < -0.4 is 10.5 Å². The molecule has 0 atom stereocenters. The van der Waals surface area contributed by atoms with E-state index in [4.69, 9.17) is 5.73 Å². The fourth-order valence-electron chi connectivity index (χ4n) is 1.41. The van der Waals surface area contributed by atoms with Crippen LogP contribution >= 0.6 is 0 Å². The summed E-state index contributed by atoms with van der Waals surface area (Å²) in [7, 11) is -4.00. The lowest BCUT2D eigenvalue weighted by atomic mass is 10.2. The molecule has 0 aliphatic heterocycles. The molecule has 0 radical (unpaired) electrons. The Morgan fingerprint density at radius 2 is 2.00 bits per heavy atom. The zero-order valence-electron chi connectivity index (χ0n) is 8.91. The Kier molecular flexibility index (Phi) is 3.15. The van der Waals surface area contributed by atoms with Crippen LogP contribution in [0.15, 0.2) is 17.0 Å². The highest BCUT2D eigenvalue weighted by Gasteiger charge is 2.30. The van der Waals surface area contributed by atoms with E-state index >= 15 is 0 Å². The van der Waals surface area contributed by atoms with E-state index in [0.29, 0.717) is 0 Å². The van der Waals surface area contributed by atoms with E-state index in [1.54, 1.807) is 0 Å². The molecule has 2 rings (SSSR count). The van der Waals surface area contributed by atoms with Gasteiger partial charge < -0.3 is 5.73 Å². The summed E-state index contributed by atoms with van der Waals surface area (Å²) in [6.07, 6.45) is 1.44. The molecular weight excluding hydrogens is 250 g/mol. The maximum absolute atomic E-state index is 13.4. The molecule has 1 aliphatic carbocycles. The summed E-state index contributed by atoms with van der Waals surface area (Å²) >= 11 is 0. The Labute approximate surface area is 97.9 Å². The minimum Gasteiger partial charge on any atom is -0.326 e. The largest absolute Gasteiger partial charge is 0.326 e. The van der Waals surface area contributed by atoms with Crippen LogP contribution in [0.4, 0.5) is 8.78 Å². The number of nitrogens with two attached hydrogens (primary N) is 1. The van der Waals surface area contributed by atoms with Crippen LogP contribution in [-0.2, 0) is 16.6 Å². The maximum atomic E-state index is 13.4. The minimum absolute atomic E-state index is 0.0524. The zero-order chi connectivity index (χ0) is 12.6. The normalized spacial score (nSPS) is 16.2. The van der Waals surface area contributed by atoms with E-state index in [1.165, 1.54) is 0 Å². The molecule has 7 heteroatoms. The van der Waals surface area contributed by atoms with Gasteiger partial charge in [0.2, 0.25) is 10.0 Å². The maximum Gasteiger partial charge on any atom is 0.243 e. The second-order valence-corrected chi connectivity index (χ2v) is 5.67. The molecule has 0 bridgehead atoms. The van der Waals surface area contributed by atoms with E-state index in [2.05, 4.69) is 4.72 Å². The topological polar surface area (TPSA) is 72.2 Å². The number of nitrogens with one attached hydrogen (secondary N) is 1. The van der Waals surface area contributed by atoms with Gasteiger partial charge in [0.15, 0.2) is 11.6 Å². The molecule has 0 heterocycles. The van der Waals surface area contributed by atoms with Crippen LogP contribution in [0.1, 0.15) is 18.4 Å². The van der Waals surface area contributed by atoms with Crippen molar-refractivity contribution in [2.75, 3.05) is 0 Å². The average molecular weight is 262 g/mol. The van der Waals surface area contributed by atoms with Gasteiger partial charge in [0, 0.05) is 12.6 Å².